The van der Waals surface area contributed by atoms with Crippen molar-refractivity contribution in [3.63, 3.8) is 0 Å². The van der Waals surface area contributed by atoms with Gasteiger partial charge in [-0.1, -0.05) is 29.8 Å². The number of hydrazone groups is 1. The zero-order valence-corrected chi connectivity index (χ0v) is 22.4. The fraction of sp³-hybridized carbons (Fsp3) is 0.143. The lowest BCUT2D eigenvalue weighted by Crippen LogP contribution is -2.18. The molecule has 1 aromatic heterocycles. The van der Waals surface area contributed by atoms with Gasteiger partial charge in [-0.25, -0.2) is 5.43 Å². The van der Waals surface area contributed by atoms with Gasteiger partial charge in [0.1, 0.15) is 6.61 Å². The van der Waals surface area contributed by atoms with Gasteiger partial charge in [-0.2, -0.15) is 5.10 Å². The summed E-state index contributed by atoms with van der Waals surface area (Å²) in [5.74, 6) is 0.819. The third kappa shape index (κ3) is 5.98. The zero-order chi connectivity index (χ0) is 25.7. The van der Waals surface area contributed by atoms with Crippen LogP contribution in [-0.4, -0.2) is 23.8 Å². The molecule has 3 aromatic carbocycles. The lowest BCUT2D eigenvalue weighted by Gasteiger charge is -2.13. The quantitative estimate of drug-likeness (QED) is 0.187. The van der Waals surface area contributed by atoms with Crippen molar-refractivity contribution in [1.29, 1.82) is 0 Å². The average molecular weight is 567 g/mol. The smallest absolute Gasteiger partial charge is 0.271 e. The van der Waals surface area contributed by atoms with E-state index in [2.05, 4.69) is 31.0 Å². The molecule has 8 heteroatoms. The van der Waals surface area contributed by atoms with E-state index in [0.29, 0.717) is 28.7 Å². The summed E-state index contributed by atoms with van der Waals surface area (Å²) in [4.78, 5) is 12.7. The maximum absolute atomic E-state index is 12.7. The molecule has 1 N–H and O–H groups in total. The second kappa shape index (κ2) is 11.5. The molecule has 0 radical (unpaired) electrons. The highest BCUT2D eigenvalue weighted by Gasteiger charge is 2.11. The van der Waals surface area contributed by atoms with Gasteiger partial charge in [-0.05, 0) is 89.9 Å². The molecule has 0 fully saturated rings. The molecule has 1 amide bonds. The van der Waals surface area contributed by atoms with Crippen LogP contribution in [0.4, 0.5) is 0 Å². The number of hydrogen-bond donors (Lipinski definition) is 1. The summed E-state index contributed by atoms with van der Waals surface area (Å²) < 4.78 is 14.3. The van der Waals surface area contributed by atoms with Crippen molar-refractivity contribution in [2.24, 2.45) is 5.10 Å². The minimum Gasteiger partial charge on any atom is -0.493 e. The molecule has 0 bridgehead atoms. The van der Waals surface area contributed by atoms with E-state index in [9.17, 15) is 4.79 Å². The molecule has 0 aliphatic heterocycles. The number of halogens is 2. The Bertz CT molecular complexity index is 1390. The minimum atomic E-state index is -0.304. The number of benzene rings is 3. The van der Waals surface area contributed by atoms with Crippen molar-refractivity contribution in [2.45, 2.75) is 20.5 Å². The first-order chi connectivity index (χ1) is 17.4. The normalized spacial score (nSPS) is 11.0. The molecular weight excluding hydrogens is 542 g/mol. The largest absolute Gasteiger partial charge is 0.493 e. The molecule has 0 saturated carbocycles. The van der Waals surface area contributed by atoms with Gasteiger partial charge in [0.15, 0.2) is 11.5 Å². The standard InChI is InChI=1S/C28H25BrClN3O3/c1-18-7-8-19(2)33(18)24-6-4-5-21(13-24)28(34)32-31-16-22-14-26(35-3)27(15-25(22)29)36-17-20-9-11-23(30)12-10-20/h4-16H,17H2,1-3H3,(H,32,34). The lowest BCUT2D eigenvalue weighted by molar-refractivity contribution is 0.0955. The van der Waals surface area contributed by atoms with Crippen molar-refractivity contribution in [1.82, 2.24) is 9.99 Å². The van der Waals surface area contributed by atoms with Crippen molar-refractivity contribution in [2.75, 3.05) is 7.11 Å². The number of rotatable bonds is 8. The molecule has 0 atom stereocenters. The number of ether oxygens (including phenoxy) is 2. The summed E-state index contributed by atoms with van der Waals surface area (Å²) in [5, 5.41) is 4.82. The van der Waals surface area contributed by atoms with E-state index in [-0.39, 0.29) is 5.91 Å². The number of amides is 1. The minimum absolute atomic E-state index is 0.304. The predicted molar refractivity (Wildman–Crippen MR) is 147 cm³/mol. The molecule has 4 aromatic rings. The Morgan fingerprint density at radius 2 is 1.75 bits per heavy atom. The SMILES string of the molecule is COc1cc(C=NNC(=O)c2cccc(-n3c(C)ccc3C)c2)c(Br)cc1OCc1ccc(Cl)cc1. The van der Waals surface area contributed by atoms with Crippen molar-refractivity contribution >= 4 is 39.7 Å². The highest BCUT2D eigenvalue weighted by molar-refractivity contribution is 9.10. The van der Waals surface area contributed by atoms with E-state index >= 15 is 0 Å². The van der Waals surface area contributed by atoms with E-state index in [0.717, 1.165) is 32.7 Å². The first-order valence-electron chi connectivity index (χ1n) is 11.2. The van der Waals surface area contributed by atoms with E-state index in [4.69, 9.17) is 21.1 Å². The van der Waals surface area contributed by atoms with E-state index in [1.54, 1.807) is 25.5 Å². The third-order valence-corrected chi connectivity index (χ3v) is 6.54. The lowest BCUT2D eigenvalue weighted by atomic mass is 10.2. The van der Waals surface area contributed by atoms with E-state index < -0.39 is 0 Å². The monoisotopic (exact) mass is 565 g/mol. The van der Waals surface area contributed by atoms with Gasteiger partial charge in [0.05, 0.1) is 13.3 Å². The van der Waals surface area contributed by atoms with Gasteiger partial charge in [0, 0.05) is 37.7 Å². The van der Waals surface area contributed by atoms with Gasteiger partial charge in [0.2, 0.25) is 0 Å². The Morgan fingerprint density at radius 1 is 1.03 bits per heavy atom. The van der Waals surface area contributed by atoms with Crippen LogP contribution in [-0.2, 0) is 6.61 Å². The number of aromatic nitrogens is 1. The van der Waals surface area contributed by atoms with Gasteiger partial charge in [-0.3, -0.25) is 4.79 Å². The Balaban J connectivity index is 1.45. The van der Waals surface area contributed by atoms with Crippen LogP contribution in [0.1, 0.15) is 32.9 Å². The maximum Gasteiger partial charge on any atom is 0.271 e. The van der Waals surface area contributed by atoms with Crippen LogP contribution >= 0.6 is 27.5 Å². The Kier molecular flexibility index (Phi) is 8.13. The number of carbonyl (C=O) groups excluding carboxylic acids is 1. The van der Waals surface area contributed by atoms with Crippen molar-refractivity contribution < 1.29 is 14.3 Å². The molecule has 0 aliphatic rings. The first kappa shape index (κ1) is 25.5. The predicted octanol–water partition coefficient (Wildman–Crippen LogP) is 6.86. The van der Waals surface area contributed by atoms with Crippen LogP contribution < -0.4 is 14.9 Å². The summed E-state index contributed by atoms with van der Waals surface area (Å²) in [6, 6.07) is 22.6. The molecule has 1 heterocycles. The fourth-order valence-corrected chi connectivity index (χ4v) is 4.30. The number of aryl methyl sites for hydroxylation is 2. The van der Waals surface area contributed by atoms with Gasteiger partial charge >= 0.3 is 0 Å². The fourth-order valence-electron chi connectivity index (χ4n) is 3.75. The molecule has 6 nitrogen and oxygen atoms in total. The van der Waals surface area contributed by atoms with Crippen LogP contribution in [0.3, 0.4) is 0 Å². The highest BCUT2D eigenvalue weighted by atomic mass is 79.9. The summed E-state index contributed by atoms with van der Waals surface area (Å²) in [6.07, 6.45) is 1.55. The van der Waals surface area contributed by atoms with Crippen LogP contribution in [0.15, 0.2) is 82.4 Å². The van der Waals surface area contributed by atoms with E-state index in [1.165, 1.54) is 0 Å². The van der Waals surface area contributed by atoms with Crippen molar-refractivity contribution in [3.05, 3.63) is 110 Å². The topological polar surface area (TPSA) is 64.8 Å². The van der Waals surface area contributed by atoms with Crippen LogP contribution in [0.5, 0.6) is 11.5 Å². The summed E-state index contributed by atoms with van der Waals surface area (Å²) in [6.45, 7) is 4.43. The summed E-state index contributed by atoms with van der Waals surface area (Å²) >= 11 is 9.49. The van der Waals surface area contributed by atoms with Gasteiger partial charge < -0.3 is 14.0 Å². The summed E-state index contributed by atoms with van der Waals surface area (Å²) in [7, 11) is 1.57. The number of nitrogens with one attached hydrogen (secondary N) is 1. The maximum atomic E-state index is 12.7. The average Bonchev–Trinajstić information content (AvgIpc) is 3.22. The molecule has 0 spiro atoms. The third-order valence-electron chi connectivity index (χ3n) is 5.60. The number of nitrogens with zero attached hydrogens (tertiary/aromatic N) is 2. The Hall–Kier alpha value is -3.55. The van der Waals surface area contributed by atoms with Crippen LogP contribution in [0.25, 0.3) is 5.69 Å². The molecule has 0 unspecified atom stereocenters. The van der Waals surface area contributed by atoms with Crippen LogP contribution in [0.2, 0.25) is 5.02 Å². The first-order valence-corrected chi connectivity index (χ1v) is 12.4. The molecule has 4 rings (SSSR count). The molecule has 0 aliphatic carbocycles. The number of hydrogen-bond acceptors (Lipinski definition) is 4. The zero-order valence-electron chi connectivity index (χ0n) is 20.1. The van der Waals surface area contributed by atoms with E-state index in [1.807, 2.05) is 74.5 Å². The number of methoxy groups -OCH3 is 1. The molecule has 36 heavy (non-hydrogen) atoms. The summed E-state index contributed by atoms with van der Waals surface area (Å²) in [5.41, 5.74) is 7.94. The highest BCUT2D eigenvalue weighted by Crippen LogP contribution is 2.33. The van der Waals surface area contributed by atoms with Gasteiger partial charge in [-0.15, -0.1) is 0 Å². The Labute approximate surface area is 223 Å². The Morgan fingerprint density at radius 3 is 2.44 bits per heavy atom. The molecule has 0 saturated heterocycles. The van der Waals surface area contributed by atoms with Crippen LogP contribution in [0, 0.1) is 13.8 Å². The second-order valence-electron chi connectivity index (χ2n) is 8.14. The molecular formula is C28H25BrClN3O3. The number of carbonyl (C=O) groups is 1. The second-order valence-corrected chi connectivity index (χ2v) is 9.43. The molecule has 184 valence electrons. The van der Waals surface area contributed by atoms with Gasteiger partial charge in [0.25, 0.3) is 5.91 Å². The van der Waals surface area contributed by atoms with Crippen molar-refractivity contribution in [3.8, 4) is 17.2 Å².